The molecule has 1 saturated heterocycles. The highest BCUT2D eigenvalue weighted by atomic mass is 32.1. The van der Waals surface area contributed by atoms with Gasteiger partial charge in [-0.15, -0.1) is 11.3 Å². The zero-order valence-electron chi connectivity index (χ0n) is 11.4. The van der Waals surface area contributed by atoms with Crippen molar-refractivity contribution in [1.29, 1.82) is 0 Å². The molecule has 2 N–H and O–H groups in total. The van der Waals surface area contributed by atoms with E-state index in [1.807, 2.05) is 0 Å². The third kappa shape index (κ3) is 2.96. The van der Waals surface area contributed by atoms with E-state index in [2.05, 4.69) is 10.3 Å². The van der Waals surface area contributed by atoms with Crippen LogP contribution in [0.25, 0.3) is 0 Å². The lowest BCUT2D eigenvalue weighted by Gasteiger charge is -2.21. The number of carboxylic acid groups (broad SMARTS) is 1. The Morgan fingerprint density at radius 1 is 1.40 bits per heavy atom. The minimum Gasteiger partial charge on any atom is -0.481 e. The fourth-order valence-corrected chi connectivity index (χ4v) is 3.99. The molecule has 0 aromatic carbocycles. The summed E-state index contributed by atoms with van der Waals surface area (Å²) in [5, 5.41) is 13.5. The van der Waals surface area contributed by atoms with E-state index in [-0.39, 0.29) is 0 Å². The number of ether oxygens (including phenoxy) is 1. The van der Waals surface area contributed by atoms with Crippen LogP contribution in [0.5, 0.6) is 0 Å². The largest absolute Gasteiger partial charge is 0.481 e. The number of aromatic nitrogens is 1. The minimum absolute atomic E-state index is 0.409. The molecule has 2 aliphatic rings. The first-order valence-electron chi connectivity index (χ1n) is 7.28. The van der Waals surface area contributed by atoms with Crippen molar-refractivity contribution in [3.8, 4) is 0 Å². The minimum atomic E-state index is -0.743. The number of hydrogen-bond donors (Lipinski definition) is 2. The fraction of sp³-hybridized carbons (Fsp3) is 0.714. The molecule has 0 spiro atoms. The van der Waals surface area contributed by atoms with Crippen molar-refractivity contribution in [3.63, 3.8) is 0 Å². The van der Waals surface area contributed by atoms with Crippen LogP contribution >= 0.6 is 11.3 Å². The summed E-state index contributed by atoms with van der Waals surface area (Å²) < 4.78 is 5.35. The van der Waals surface area contributed by atoms with Gasteiger partial charge in [-0.1, -0.05) is 0 Å². The second kappa shape index (κ2) is 6.10. The molecule has 0 bridgehead atoms. The van der Waals surface area contributed by atoms with Gasteiger partial charge in [0.1, 0.15) is 5.92 Å². The van der Waals surface area contributed by atoms with Crippen molar-refractivity contribution < 1.29 is 14.6 Å². The predicted octanol–water partition coefficient (Wildman–Crippen LogP) is 2.49. The highest BCUT2D eigenvalue weighted by Crippen LogP contribution is 2.36. The van der Waals surface area contributed by atoms with Gasteiger partial charge in [0.2, 0.25) is 0 Å². The molecule has 1 atom stereocenters. The number of rotatable bonds is 4. The molecular weight excluding hydrogens is 276 g/mol. The smallest absolute Gasteiger partial charge is 0.312 e. The van der Waals surface area contributed by atoms with Gasteiger partial charge < -0.3 is 15.2 Å². The van der Waals surface area contributed by atoms with Crippen molar-refractivity contribution in [2.24, 2.45) is 5.92 Å². The van der Waals surface area contributed by atoms with E-state index in [0.29, 0.717) is 12.3 Å². The first-order chi connectivity index (χ1) is 9.74. The van der Waals surface area contributed by atoms with Gasteiger partial charge in [-0.25, -0.2) is 4.98 Å². The van der Waals surface area contributed by atoms with Gasteiger partial charge in [-0.3, -0.25) is 4.79 Å². The van der Waals surface area contributed by atoms with Crippen molar-refractivity contribution in [2.45, 2.75) is 38.0 Å². The normalized spacial score (nSPS) is 23.3. The lowest BCUT2D eigenvalue weighted by Crippen LogP contribution is -2.22. The molecule has 5 nitrogen and oxygen atoms in total. The van der Waals surface area contributed by atoms with Crippen LogP contribution < -0.4 is 5.32 Å². The first-order valence-corrected chi connectivity index (χ1v) is 8.09. The summed E-state index contributed by atoms with van der Waals surface area (Å²) in [7, 11) is 0. The van der Waals surface area contributed by atoms with E-state index >= 15 is 0 Å². The highest BCUT2D eigenvalue weighted by molar-refractivity contribution is 7.15. The summed E-state index contributed by atoms with van der Waals surface area (Å²) in [6.45, 7) is 2.61. The summed E-state index contributed by atoms with van der Waals surface area (Å²) in [6.07, 6.45) is 4.82. The Bertz CT molecular complexity index is 483. The van der Waals surface area contributed by atoms with Crippen LogP contribution in [-0.2, 0) is 16.0 Å². The molecule has 2 heterocycles. The number of carboxylic acids is 1. The molecule has 1 aliphatic carbocycles. The molecule has 0 saturated carbocycles. The average Bonchev–Trinajstić information content (AvgIpc) is 2.88. The van der Waals surface area contributed by atoms with Crippen LogP contribution in [0.3, 0.4) is 0 Å². The van der Waals surface area contributed by atoms with Crippen LogP contribution in [0.15, 0.2) is 0 Å². The van der Waals surface area contributed by atoms with Crippen LogP contribution in [0, 0.1) is 5.92 Å². The number of anilines is 1. The van der Waals surface area contributed by atoms with Crippen molar-refractivity contribution in [2.75, 3.05) is 25.1 Å². The van der Waals surface area contributed by atoms with Gasteiger partial charge in [0.05, 0.1) is 5.69 Å². The van der Waals surface area contributed by atoms with Gasteiger partial charge in [0, 0.05) is 24.6 Å². The fourth-order valence-electron chi connectivity index (χ4n) is 2.92. The second-order valence-corrected chi connectivity index (χ2v) is 6.63. The Hall–Kier alpha value is -1.14. The van der Waals surface area contributed by atoms with E-state index in [0.717, 1.165) is 61.1 Å². The molecular formula is C14H20N2O3S. The maximum atomic E-state index is 11.3. The number of thiazole rings is 1. The van der Waals surface area contributed by atoms with Crippen molar-refractivity contribution >= 4 is 22.4 Å². The molecule has 3 rings (SSSR count). The molecule has 1 fully saturated rings. The molecule has 6 heteroatoms. The van der Waals surface area contributed by atoms with Crippen LogP contribution in [0.1, 0.15) is 42.2 Å². The van der Waals surface area contributed by atoms with Gasteiger partial charge in [0.15, 0.2) is 5.13 Å². The lowest BCUT2D eigenvalue weighted by atomic mass is 9.91. The Labute approximate surface area is 122 Å². The quantitative estimate of drug-likeness (QED) is 0.893. The second-order valence-electron chi connectivity index (χ2n) is 5.55. The number of aryl methyl sites for hydroxylation is 1. The summed E-state index contributed by atoms with van der Waals surface area (Å²) in [4.78, 5) is 16.9. The zero-order valence-corrected chi connectivity index (χ0v) is 12.2. The zero-order chi connectivity index (χ0) is 13.9. The molecule has 0 radical (unpaired) electrons. The first kappa shape index (κ1) is 13.8. The Morgan fingerprint density at radius 3 is 2.95 bits per heavy atom. The summed E-state index contributed by atoms with van der Waals surface area (Å²) in [6, 6.07) is 0. The number of nitrogens with zero attached hydrogens (tertiary/aromatic N) is 1. The highest BCUT2D eigenvalue weighted by Gasteiger charge is 2.30. The van der Waals surface area contributed by atoms with Gasteiger partial charge in [-0.2, -0.15) is 0 Å². The standard InChI is InChI=1S/C14H20N2O3S/c17-13(18)10-2-1-3-11-12(10)16-14(20-11)15-8-9-4-6-19-7-5-9/h9-10H,1-8H2,(H,15,16)(H,17,18). The Morgan fingerprint density at radius 2 is 2.20 bits per heavy atom. The van der Waals surface area contributed by atoms with E-state index in [9.17, 15) is 9.90 Å². The summed E-state index contributed by atoms with van der Waals surface area (Å²) in [5.74, 6) is -0.513. The summed E-state index contributed by atoms with van der Waals surface area (Å²) >= 11 is 1.63. The van der Waals surface area contributed by atoms with Crippen LogP contribution in [0.2, 0.25) is 0 Å². The van der Waals surface area contributed by atoms with E-state index in [1.54, 1.807) is 11.3 Å². The topological polar surface area (TPSA) is 71.5 Å². The Kier molecular flexibility index (Phi) is 4.21. The number of carbonyl (C=O) groups is 1. The number of hydrogen-bond acceptors (Lipinski definition) is 5. The number of fused-ring (bicyclic) bond motifs is 1. The lowest BCUT2D eigenvalue weighted by molar-refractivity contribution is -0.139. The predicted molar refractivity (Wildman–Crippen MR) is 77.5 cm³/mol. The summed E-state index contributed by atoms with van der Waals surface area (Å²) in [5.41, 5.74) is 0.795. The molecule has 1 aromatic heterocycles. The Balaban J connectivity index is 1.64. The molecule has 20 heavy (non-hydrogen) atoms. The molecule has 1 aliphatic heterocycles. The third-order valence-corrected chi connectivity index (χ3v) is 5.22. The van der Waals surface area contributed by atoms with Crippen LogP contribution in [0.4, 0.5) is 5.13 Å². The van der Waals surface area contributed by atoms with E-state index in [1.165, 1.54) is 0 Å². The van der Waals surface area contributed by atoms with E-state index < -0.39 is 11.9 Å². The number of nitrogens with one attached hydrogen (secondary N) is 1. The SMILES string of the molecule is O=C(O)C1CCCc2sc(NCC3CCOCC3)nc21. The molecule has 0 amide bonds. The maximum Gasteiger partial charge on any atom is 0.312 e. The molecule has 110 valence electrons. The molecule has 1 unspecified atom stereocenters. The molecule has 1 aromatic rings. The maximum absolute atomic E-state index is 11.3. The van der Waals surface area contributed by atoms with Crippen molar-refractivity contribution in [3.05, 3.63) is 10.6 Å². The van der Waals surface area contributed by atoms with E-state index in [4.69, 9.17) is 4.74 Å². The monoisotopic (exact) mass is 296 g/mol. The van der Waals surface area contributed by atoms with Crippen molar-refractivity contribution in [1.82, 2.24) is 4.98 Å². The van der Waals surface area contributed by atoms with Gasteiger partial charge in [-0.05, 0) is 38.0 Å². The van der Waals surface area contributed by atoms with Crippen LogP contribution in [-0.4, -0.2) is 35.8 Å². The third-order valence-electron chi connectivity index (χ3n) is 4.14. The van der Waals surface area contributed by atoms with Gasteiger partial charge >= 0.3 is 5.97 Å². The average molecular weight is 296 g/mol. The number of aliphatic carboxylic acids is 1. The van der Waals surface area contributed by atoms with Gasteiger partial charge in [0.25, 0.3) is 0 Å².